The summed E-state index contributed by atoms with van der Waals surface area (Å²) in [7, 11) is 1.34. The highest BCUT2D eigenvalue weighted by Crippen LogP contribution is 2.40. The van der Waals surface area contributed by atoms with Crippen molar-refractivity contribution in [2.45, 2.75) is 37.1 Å². The Hall–Kier alpha value is -2.14. The van der Waals surface area contributed by atoms with E-state index in [-0.39, 0.29) is 25.1 Å². The zero-order chi connectivity index (χ0) is 22.2. The average Bonchev–Trinajstić information content (AvgIpc) is 3.11. The molecule has 2 aliphatic rings. The predicted molar refractivity (Wildman–Crippen MR) is 97.8 cm³/mol. The minimum absolute atomic E-state index is 0.0252. The predicted octanol–water partition coefficient (Wildman–Crippen LogP) is 2.73. The van der Waals surface area contributed by atoms with Crippen LogP contribution in [0.2, 0.25) is 5.02 Å². The van der Waals surface area contributed by atoms with Gasteiger partial charge in [-0.25, -0.2) is 13.6 Å². The van der Waals surface area contributed by atoms with Crippen molar-refractivity contribution in [2.24, 2.45) is 5.92 Å². The molecule has 0 radical (unpaired) electrons. The number of alkyl halides is 3. The average molecular weight is 455 g/mol. The van der Waals surface area contributed by atoms with Crippen LogP contribution in [0, 0.1) is 17.6 Å². The van der Waals surface area contributed by atoms with E-state index in [1.165, 1.54) is 7.05 Å². The molecule has 6 nitrogen and oxygen atoms in total. The van der Waals surface area contributed by atoms with Crippen LogP contribution in [0.15, 0.2) is 12.1 Å². The number of benzene rings is 1. The third-order valence-corrected chi connectivity index (χ3v) is 5.89. The lowest BCUT2D eigenvalue weighted by atomic mass is 9.81. The third-order valence-electron chi connectivity index (χ3n) is 5.55. The number of hydrogen-bond acceptors (Lipinski definition) is 3. The number of piperidine rings is 1. The van der Waals surface area contributed by atoms with Crippen molar-refractivity contribution in [1.82, 2.24) is 20.9 Å². The monoisotopic (exact) mass is 454 g/mol. The molecule has 1 aromatic rings. The van der Waals surface area contributed by atoms with Crippen LogP contribution in [0.1, 0.15) is 24.4 Å². The number of rotatable bonds is 4. The maximum absolute atomic E-state index is 14.7. The summed E-state index contributed by atoms with van der Waals surface area (Å²) in [6.45, 7) is 0.0438. The van der Waals surface area contributed by atoms with Gasteiger partial charge < -0.3 is 16.0 Å². The Kier molecular flexibility index (Phi) is 6.42. The van der Waals surface area contributed by atoms with E-state index in [0.29, 0.717) is 0 Å². The fraction of sp³-hybridized carbons (Fsp3) is 0.556. The molecule has 0 bridgehead atoms. The summed E-state index contributed by atoms with van der Waals surface area (Å²) in [6, 6.07) is -2.54. The van der Waals surface area contributed by atoms with E-state index >= 15 is 0 Å². The summed E-state index contributed by atoms with van der Waals surface area (Å²) in [4.78, 5) is 25.0. The molecule has 12 heteroatoms. The normalized spacial score (nSPS) is 26.1. The van der Waals surface area contributed by atoms with Gasteiger partial charge in [0.2, 0.25) is 5.91 Å². The van der Waals surface area contributed by atoms with Crippen LogP contribution >= 0.6 is 11.6 Å². The number of carbonyl (C=O) groups excluding carboxylic acids is 2. The number of nitrogens with zero attached hydrogens (tertiary/aromatic N) is 1. The van der Waals surface area contributed by atoms with E-state index in [2.05, 4.69) is 16.0 Å². The highest BCUT2D eigenvalue weighted by atomic mass is 35.5. The van der Waals surface area contributed by atoms with Crippen LogP contribution in [-0.2, 0) is 4.79 Å². The van der Waals surface area contributed by atoms with Gasteiger partial charge in [0.05, 0.1) is 6.04 Å². The van der Waals surface area contributed by atoms with Gasteiger partial charge in [-0.15, -0.1) is 0 Å². The van der Waals surface area contributed by atoms with E-state index in [1.54, 1.807) is 0 Å². The Morgan fingerprint density at radius 1 is 1.33 bits per heavy atom. The molecule has 30 heavy (non-hydrogen) atoms. The molecule has 2 saturated heterocycles. The Bertz CT molecular complexity index is 838. The number of urea groups is 1. The molecule has 0 unspecified atom stereocenters. The van der Waals surface area contributed by atoms with Gasteiger partial charge in [0.25, 0.3) is 0 Å². The first-order valence-corrected chi connectivity index (χ1v) is 9.62. The maximum Gasteiger partial charge on any atom is 0.404 e. The summed E-state index contributed by atoms with van der Waals surface area (Å²) in [5, 5.41) is 6.49. The molecular formula is C18H20ClF5N4O2. The molecular weight excluding hydrogens is 435 g/mol. The SMILES string of the molecule is CN1CC[C@H]([C@H](NC(=O)[C@@H]2CNC(=O)N2)c2ccc(F)c(Cl)c2F)C[C@@H]1C(F)(F)F. The van der Waals surface area contributed by atoms with Gasteiger partial charge >= 0.3 is 12.2 Å². The quantitative estimate of drug-likeness (QED) is 0.484. The van der Waals surface area contributed by atoms with E-state index < -0.39 is 65.2 Å². The summed E-state index contributed by atoms with van der Waals surface area (Å²) in [5.41, 5.74) is -0.206. The van der Waals surface area contributed by atoms with Crippen molar-refractivity contribution in [3.05, 3.63) is 34.4 Å². The molecule has 0 aliphatic carbocycles. The molecule has 3 N–H and O–H groups in total. The van der Waals surface area contributed by atoms with Crippen molar-refractivity contribution in [1.29, 1.82) is 0 Å². The highest BCUT2D eigenvalue weighted by molar-refractivity contribution is 6.31. The molecule has 3 rings (SSSR count). The number of hydrogen-bond donors (Lipinski definition) is 3. The number of amides is 3. The molecule has 0 spiro atoms. The number of nitrogens with one attached hydrogen (secondary N) is 3. The minimum Gasteiger partial charge on any atom is -0.347 e. The molecule has 2 fully saturated rings. The Balaban J connectivity index is 1.92. The fourth-order valence-corrected chi connectivity index (χ4v) is 4.07. The third kappa shape index (κ3) is 4.61. The Morgan fingerprint density at radius 2 is 2.03 bits per heavy atom. The summed E-state index contributed by atoms with van der Waals surface area (Å²) in [5.74, 6) is -3.65. The fourth-order valence-electron chi connectivity index (χ4n) is 3.89. The number of likely N-dealkylation sites (tertiary alicyclic amines) is 1. The highest BCUT2D eigenvalue weighted by Gasteiger charge is 2.47. The van der Waals surface area contributed by atoms with E-state index in [9.17, 15) is 31.5 Å². The zero-order valence-corrected chi connectivity index (χ0v) is 16.6. The van der Waals surface area contributed by atoms with Crippen LogP contribution in [0.3, 0.4) is 0 Å². The lowest BCUT2D eigenvalue weighted by Gasteiger charge is -2.41. The van der Waals surface area contributed by atoms with Crippen LogP contribution in [0.25, 0.3) is 0 Å². The van der Waals surface area contributed by atoms with E-state index in [1.807, 2.05) is 0 Å². The van der Waals surface area contributed by atoms with Crippen LogP contribution in [0.5, 0.6) is 0 Å². The van der Waals surface area contributed by atoms with Crippen molar-refractivity contribution in [3.63, 3.8) is 0 Å². The second-order valence-corrected chi connectivity index (χ2v) is 7.86. The van der Waals surface area contributed by atoms with Crippen molar-refractivity contribution >= 4 is 23.5 Å². The van der Waals surface area contributed by atoms with Gasteiger partial charge in [-0.2, -0.15) is 13.2 Å². The topological polar surface area (TPSA) is 73.5 Å². The first kappa shape index (κ1) is 22.5. The van der Waals surface area contributed by atoms with Gasteiger partial charge in [-0.1, -0.05) is 17.7 Å². The van der Waals surface area contributed by atoms with E-state index in [0.717, 1.165) is 17.0 Å². The lowest BCUT2D eigenvalue weighted by molar-refractivity contribution is -0.192. The van der Waals surface area contributed by atoms with Crippen LogP contribution < -0.4 is 16.0 Å². The standard InChI is InChI=1S/C18H20ClF5N4O2/c1-28-5-4-8(6-12(28)18(22,23)24)15(9-2-3-10(20)13(19)14(9)21)27-16(29)11-7-25-17(30)26-11/h2-3,8,11-12,15H,4-7H2,1H3,(H,27,29)(H2,25,26,30)/t8-,11-,12+,15-/m0/s1. The van der Waals surface area contributed by atoms with Crippen molar-refractivity contribution in [2.75, 3.05) is 20.1 Å². The smallest absolute Gasteiger partial charge is 0.347 e. The minimum atomic E-state index is -4.51. The lowest BCUT2D eigenvalue weighted by Crippen LogP contribution is -2.52. The second-order valence-electron chi connectivity index (χ2n) is 7.48. The second kappa shape index (κ2) is 8.54. The number of carbonyl (C=O) groups is 2. The Labute approximate surface area is 174 Å². The molecule has 3 amide bonds. The van der Waals surface area contributed by atoms with Gasteiger partial charge in [0.1, 0.15) is 28.7 Å². The Morgan fingerprint density at radius 3 is 2.63 bits per heavy atom. The van der Waals surface area contributed by atoms with Gasteiger partial charge in [0, 0.05) is 12.1 Å². The molecule has 0 aromatic heterocycles. The first-order valence-electron chi connectivity index (χ1n) is 9.24. The molecule has 166 valence electrons. The maximum atomic E-state index is 14.7. The summed E-state index contributed by atoms with van der Waals surface area (Å²) < 4.78 is 68.7. The summed E-state index contributed by atoms with van der Waals surface area (Å²) in [6.07, 6.45) is -4.67. The van der Waals surface area contributed by atoms with Gasteiger partial charge in [-0.3, -0.25) is 9.69 Å². The summed E-state index contributed by atoms with van der Waals surface area (Å²) >= 11 is 5.66. The first-order chi connectivity index (χ1) is 14.0. The van der Waals surface area contributed by atoms with Crippen molar-refractivity contribution in [3.8, 4) is 0 Å². The van der Waals surface area contributed by atoms with Crippen LogP contribution in [-0.4, -0.2) is 55.2 Å². The largest absolute Gasteiger partial charge is 0.404 e. The van der Waals surface area contributed by atoms with Gasteiger partial charge in [0.15, 0.2) is 0 Å². The van der Waals surface area contributed by atoms with E-state index in [4.69, 9.17) is 11.6 Å². The number of halogens is 6. The molecule has 2 heterocycles. The zero-order valence-electron chi connectivity index (χ0n) is 15.8. The molecule has 0 saturated carbocycles. The molecule has 2 aliphatic heterocycles. The van der Waals surface area contributed by atoms with Crippen LogP contribution in [0.4, 0.5) is 26.7 Å². The molecule has 4 atom stereocenters. The molecule has 1 aromatic carbocycles. The van der Waals surface area contributed by atoms with Gasteiger partial charge in [-0.05, 0) is 38.4 Å². The van der Waals surface area contributed by atoms with Crippen molar-refractivity contribution < 1.29 is 31.5 Å².